The Hall–Kier alpha value is -1.39. The highest BCUT2D eigenvalue weighted by Crippen LogP contribution is 2.24. The molecule has 1 aromatic rings. The Bertz CT molecular complexity index is 425. The van der Waals surface area contributed by atoms with Gasteiger partial charge in [0, 0.05) is 24.7 Å². The van der Waals surface area contributed by atoms with Gasteiger partial charge in [0.25, 0.3) is 5.91 Å². The van der Waals surface area contributed by atoms with E-state index >= 15 is 0 Å². The van der Waals surface area contributed by atoms with Gasteiger partial charge in [-0.05, 0) is 30.5 Å². The Morgan fingerprint density at radius 3 is 2.40 bits per heavy atom. The highest BCUT2D eigenvalue weighted by atomic mass is 16.3. The zero-order valence-corrected chi connectivity index (χ0v) is 11.9. The van der Waals surface area contributed by atoms with Gasteiger partial charge in [-0.25, -0.2) is 0 Å². The lowest BCUT2D eigenvalue weighted by atomic mass is 9.93. The fraction of sp³-hybridized carbons (Fsp3) is 0.562. The Morgan fingerprint density at radius 1 is 1.20 bits per heavy atom. The molecule has 110 valence electrons. The van der Waals surface area contributed by atoms with E-state index in [4.69, 9.17) is 5.73 Å². The van der Waals surface area contributed by atoms with Crippen LogP contribution in [0, 0.1) is 0 Å². The van der Waals surface area contributed by atoms with E-state index in [0.29, 0.717) is 18.7 Å². The number of rotatable bonds is 5. The van der Waals surface area contributed by atoms with Gasteiger partial charge < -0.3 is 15.7 Å². The summed E-state index contributed by atoms with van der Waals surface area (Å²) in [5.41, 5.74) is 7.27. The maximum absolute atomic E-state index is 12.6. The van der Waals surface area contributed by atoms with E-state index in [-0.39, 0.29) is 18.6 Å². The van der Waals surface area contributed by atoms with E-state index in [2.05, 4.69) is 0 Å². The van der Waals surface area contributed by atoms with Crippen LogP contribution in [0.15, 0.2) is 24.3 Å². The minimum absolute atomic E-state index is 0.0170. The number of aliphatic hydroxyl groups is 1. The molecule has 1 amide bonds. The molecule has 0 aromatic heterocycles. The smallest absolute Gasteiger partial charge is 0.254 e. The number of amides is 1. The van der Waals surface area contributed by atoms with Crippen molar-refractivity contribution in [3.63, 3.8) is 0 Å². The lowest BCUT2D eigenvalue weighted by molar-refractivity contribution is 0.0585. The van der Waals surface area contributed by atoms with Gasteiger partial charge in [0.05, 0.1) is 6.61 Å². The lowest BCUT2D eigenvalue weighted by Gasteiger charge is -2.34. The summed E-state index contributed by atoms with van der Waals surface area (Å²) in [4.78, 5) is 14.5. The second-order valence-corrected chi connectivity index (χ2v) is 5.42. The monoisotopic (exact) mass is 276 g/mol. The molecule has 0 unspecified atom stereocenters. The van der Waals surface area contributed by atoms with Crippen LogP contribution in [-0.4, -0.2) is 35.1 Å². The Balaban J connectivity index is 2.12. The minimum atomic E-state index is 0.0170. The number of carbonyl (C=O) groups excluding carboxylic acids is 1. The molecule has 1 fully saturated rings. The number of carbonyl (C=O) groups is 1. The van der Waals surface area contributed by atoms with E-state index in [1.807, 2.05) is 29.2 Å². The molecule has 4 nitrogen and oxygen atoms in total. The third kappa shape index (κ3) is 3.58. The predicted octanol–water partition coefficient (Wildman–Crippen LogP) is 1.91. The van der Waals surface area contributed by atoms with Crippen LogP contribution in [0.25, 0.3) is 0 Å². The molecular weight excluding hydrogens is 252 g/mol. The first-order valence-corrected chi connectivity index (χ1v) is 7.47. The summed E-state index contributed by atoms with van der Waals surface area (Å²) in [6.45, 7) is 0.919. The molecule has 20 heavy (non-hydrogen) atoms. The Morgan fingerprint density at radius 2 is 1.85 bits per heavy atom. The summed E-state index contributed by atoms with van der Waals surface area (Å²) in [5.74, 6) is 0.0227. The number of nitrogens with zero attached hydrogens (tertiary/aromatic N) is 1. The van der Waals surface area contributed by atoms with Gasteiger partial charge in [0.1, 0.15) is 0 Å². The van der Waals surface area contributed by atoms with Gasteiger partial charge in [-0.3, -0.25) is 4.79 Å². The van der Waals surface area contributed by atoms with Crippen molar-refractivity contribution < 1.29 is 9.90 Å². The molecule has 1 aliphatic rings. The SMILES string of the molecule is NCc1ccc(C(=O)N(CCO)C2CCCCC2)cc1. The van der Waals surface area contributed by atoms with Crippen LogP contribution in [0.5, 0.6) is 0 Å². The molecule has 2 rings (SSSR count). The Labute approximate surface area is 120 Å². The lowest BCUT2D eigenvalue weighted by Crippen LogP contribution is -2.43. The van der Waals surface area contributed by atoms with Crippen molar-refractivity contribution in [2.24, 2.45) is 5.73 Å². The first-order valence-electron chi connectivity index (χ1n) is 7.47. The predicted molar refractivity (Wildman–Crippen MR) is 79.3 cm³/mol. The van der Waals surface area contributed by atoms with Crippen molar-refractivity contribution in [2.75, 3.05) is 13.2 Å². The van der Waals surface area contributed by atoms with Gasteiger partial charge in [0.2, 0.25) is 0 Å². The van der Waals surface area contributed by atoms with E-state index in [1.165, 1.54) is 19.3 Å². The molecule has 0 aliphatic heterocycles. The maximum Gasteiger partial charge on any atom is 0.254 e. The van der Waals surface area contributed by atoms with E-state index in [1.54, 1.807) is 0 Å². The van der Waals surface area contributed by atoms with Crippen LogP contribution < -0.4 is 5.73 Å². The molecule has 1 saturated carbocycles. The molecule has 0 bridgehead atoms. The van der Waals surface area contributed by atoms with Crippen molar-refractivity contribution in [1.29, 1.82) is 0 Å². The quantitative estimate of drug-likeness (QED) is 0.863. The van der Waals surface area contributed by atoms with Crippen LogP contribution in [0.3, 0.4) is 0 Å². The molecule has 1 aromatic carbocycles. The van der Waals surface area contributed by atoms with Gasteiger partial charge in [-0.1, -0.05) is 31.4 Å². The maximum atomic E-state index is 12.6. The van der Waals surface area contributed by atoms with E-state index < -0.39 is 0 Å². The fourth-order valence-corrected chi connectivity index (χ4v) is 2.90. The van der Waals surface area contributed by atoms with Gasteiger partial charge >= 0.3 is 0 Å². The summed E-state index contributed by atoms with van der Waals surface area (Å²) in [5, 5.41) is 9.23. The van der Waals surface area contributed by atoms with Crippen molar-refractivity contribution in [2.45, 2.75) is 44.7 Å². The van der Waals surface area contributed by atoms with Crippen LogP contribution in [0.2, 0.25) is 0 Å². The highest BCUT2D eigenvalue weighted by Gasteiger charge is 2.25. The summed E-state index contributed by atoms with van der Waals surface area (Å²) < 4.78 is 0. The molecule has 4 heteroatoms. The third-order valence-corrected chi connectivity index (χ3v) is 4.05. The van der Waals surface area contributed by atoms with Crippen LogP contribution in [-0.2, 0) is 6.54 Å². The number of hydrogen-bond acceptors (Lipinski definition) is 3. The zero-order chi connectivity index (χ0) is 14.4. The summed E-state index contributed by atoms with van der Waals surface area (Å²) in [6, 6.07) is 7.73. The van der Waals surface area contributed by atoms with Gasteiger partial charge in [-0.15, -0.1) is 0 Å². The van der Waals surface area contributed by atoms with Crippen LogP contribution in [0.1, 0.15) is 48.0 Å². The molecule has 0 heterocycles. The molecular formula is C16H24N2O2. The fourth-order valence-electron chi connectivity index (χ4n) is 2.90. The largest absolute Gasteiger partial charge is 0.395 e. The van der Waals surface area contributed by atoms with Crippen molar-refractivity contribution in [3.05, 3.63) is 35.4 Å². The number of nitrogens with two attached hydrogens (primary N) is 1. The number of benzene rings is 1. The minimum Gasteiger partial charge on any atom is -0.395 e. The highest BCUT2D eigenvalue weighted by molar-refractivity contribution is 5.94. The second kappa shape index (κ2) is 7.41. The Kier molecular flexibility index (Phi) is 5.56. The standard InChI is InChI=1S/C16H24N2O2/c17-12-13-6-8-14(9-7-13)16(20)18(10-11-19)15-4-2-1-3-5-15/h6-9,15,19H,1-5,10-12,17H2. The van der Waals surface area contributed by atoms with Gasteiger partial charge in [-0.2, -0.15) is 0 Å². The first-order chi connectivity index (χ1) is 9.76. The van der Waals surface area contributed by atoms with Gasteiger partial charge in [0.15, 0.2) is 0 Å². The number of hydrogen-bond donors (Lipinski definition) is 2. The molecule has 0 atom stereocenters. The molecule has 0 radical (unpaired) electrons. The second-order valence-electron chi connectivity index (χ2n) is 5.42. The number of aliphatic hydroxyl groups excluding tert-OH is 1. The summed E-state index contributed by atoms with van der Waals surface area (Å²) >= 11 is 0. The summed E-state index contributed by atoms with van der Waals surface area (Å²) in [6.07, 6.45) is 5.69. The molecule has 3 N–H and O–H groups in total. The molecule has 0 spiro atoms. The summed E-state index contributed by atoms with van der Waals surface area (Å²) in [7, 11) is 0. The van der Waals surface area contributed by atoms with E-state index in [9.17, 15) is 9.90 Å². The molecule has 0 saturated heterocycles. The van der Waals surface area contributed by atoms with Crippen LogP contribution in [0.4, 0.5) is 0 Å². The normalized spacial score (nSPS) is 16.1. The van der Waals surface area contributed by atoms with E-state index in [0.717, 1.165) is 18.4 Å². The topological polar surface area (TPSA) is 66.6 Å². The third-order valence-electron chi connectivity index (χ3n) is 4.05. The molecule has 1 aliphatic carbocycles. The zero-order valence-electron chi connectivity index (χ0n) is 11.9. The average molecular weight is 276 g/mol. The van der Waals surface area contributed by atoms with Crippen molar-refractivity contribution in [1.82, 2.24) is 4.90 Å². The average Bonchev–Trinajstić information content (AvgIpc) is 2.53. The first kappa shape index (κ1) is 15.0. The van der Waals surface area contributed by atoms with Crippen LogP contribution >= 0.6 is 0 Å². The van der Waals surface area contributed by atoms with Crippen molar-refractivity contribution in [3.8, 4) is 0 Å². The van der Waals surface area contributed by atoms with Crippen molar-refractivity contribution >= 4 is 5.91 Å².